The van der Waals surface area contributed by atoms with E-state index in [-0.39, 0.29) is 0 Å². The Balaban J connectivity index is 1.63. The van der Waals surface area contributed by atoms with Crippen LogP contribution in [0.15, 0.2) is 0 Å². The summed E-state index contributed by atoms with van der Waals surface area (Å²) < 4.78 is 5.15. The van der Waals surface area contributed by atoms with Gasteiger partial charge in [0, 0.05) is 0 Å². The van der Waals surface area contributed by atoms with Gasteiger partial charge >= 0.3 is 0 Å². The topological polar surface area (TPSA) is 12.5 Å². The molecule has 0 N–H and O–H groups in total. The zero-order valence-corrected chi connectivity index (χ0v) is 11.9. The first kappa shape index (κ1) is 15.0. The van der Waals surface area contributed by atoms with E-state index in [4.69, 9.17) is 4.74 Å². The van der Waals surface area contributed by atoms with E-state index in [0.717, 1.165) is 12.5 Å². The van der Waals surface area contributed by atoms with Crippen LogP contribution in [0.25, 0.3) is 0 Å². The molecule has 1 nitrogen and oxygen atoms in total. The Morgan fingerprint density at radius 2 is 1.47 bits per heavy atom. The second-order valence-corrected chi connectivity index (χ2v) is 5.91. The summed E-state index contributed by atoms with van der Waals surface area (Å²) >= 11 is 0. The van der Waals surface area contributed by atoms with Gasteiger partial charge in [-0.1, -0.05) is 71.6 Å². The first-order valence-corrected chi connectivity index (χ1v) is 7.74. The van der Waals surface area contributed by atoms with E-state index in [9.17, 15) is 0 Å². The van der Waals surface area contributed by atoms with Gasteiger partial charge in [0.25, 0.3) is 0 Å². The van der Waals surface area contributed by atoms with Gasteiger partial charge < -0.3 is 4.74 Å². The maximum Gasteiger partial charge on any atom is 0.0841 e. The van der Waals surface area contributed by atoms with Gasteiger partial charge in [0.15, 0.2) is 0 Å². The van der Waals surface area contributed by atoms with Crippen LogP contribution in [-0.4, -0.2) is 12.7 Å². The van der Waals surface area contributed by atoms with Crippen LogP contribution < -0.4 is 0 Å². The van der Waals surface area contributed by atoms with Crippen LogP contribution in [0.3, 0.4) is 0 Å². The van der Waals surface area contributed by atoms with Crippen molar-refractivity contribution < 1.29 is 4.74 Å². The van der Waals surface area contributed by atoms with Crippen LogP contribution in [0, 0.1) is 12.3 Å². The van der Waals surface area contributed by atoms with Gasteiger partial charge in [0.2, 0.25) is 0 Å². The quantitative estimate of drug-likeness (QED) is 0.339. The summed E-state index contributed by atoms with van der Waals surface area (Å²) in [6.07, 6.45) is 17.0. The summed E-state index contributed by atoms with van der Waals surface area (Å²) in [7, 11) is 0. The van der Waals surface area contributed by atoms with E-state index >= 15 is 0 Å². The van der Waals surface area contributed by atoms with Crippen molar-refractivity contribution in [1.29, 1.82) is 0 Å². The van der Waals surface area contributed by atoms with E-state index in [1.54, 1.807) is 0 Å². The van der Waals surface area contributed by atoms with Gasteiger partial charge in [-0.15, -0.1) is 0 Å². The van der Waals surface area contributed by atoms with Gasteiger partial charge in [0.05, 0.1) is 12.7 Å². The molecule has 17 heavy (non-hydrogen) atoms. The summed E-state index contributed by atoms with van der Waals surface area (Å²) in [6.45, 7) is 5.63. The minimum absolute atomic E-state index is 0.524. The normalized spacial score (nSPS) is 18.9. The van der Waals surface area contributed by atoms with Crippen LogP contribution in [0.5, 0.6) is 0 Å². The van der Waals surface area contributed by atoms with Crippen molar-refractivity contribution in [3.05, 3.63) is 6.42 Å². The highest BCUT2D eigenvalue weighted by molar-refractivity contribution is 4.85. The summed E-state index contributed by atoms with van der Waals surface area (Å²) in [6, 6.07) is 0. The van der Waals surface area contributed by atoms with Gasteiger partial charge in [-0.05, 0) is 18.8 Å². The Morgan fingerprint density at radius 3 is 2.00 bits per heavy atom. The molecule has 0 spiro atoms. The SMILES string of the molecule is CC(C)CCCCCCCCCC[CH]C1CO1. The highest BCUT2D eigenvalue weighted by Crippen LogP contribution is 2.17. The Kier molecular flexibility index (Phi) is 8.78. The van der Waals surface area contributed by atoms with Gasteiger partial charge in [0.1, 0.15) is 0 Å². The van der Waals surface area contributed by atoms with E-state index in [1.807, 2.05) is 0 Å². The lowest BCUT2D eigenvalue weighted by atomic mass is 10.0. The third kappa shape index (κ3) is 10.8. The van der Waals surface area contributed by atoms with E-state index in [2.05, 4.69) is 20.3 Å². The van der Waals surface area contributed by atoms with Crippen molar-refractivity contribution in [3.8, 4) is 0 Å². The van der Waals surface area contributed by atoms with Gasteiger partial charge in [-0.25, -0.2) is 0 Å². The molecule has 1 atom stereocenters. The number of hydrogen-bond acceptors (Lipinski definition) is 1. The van der Waals surface area contributed by atoms with Gasteiger partial charge in [-0.3, -0.25) is 0 Å². The summed E-state index contributed by atoms with van der Waals surface area (Å²) in [5.74, 6) is 0.890. The Labute approximate surface area is 108 Å². The predicted molar refractivity (Wildman–Crippen MR) is 75.0 cm³/mol. The first-order chi connectivity index (χ1) is 8.29. The molecule has 1 aliphatic heterocycles. The summed E-state index contributed by atoms with van der Waals surface area (Å²) in [5.41, 5.74) is 0. The number of rotatable bonds is 12. The van der Waals surface area contributed by atoms with E-state index in [0.29, 0.717) is 6.10 Å². The fourth-order valence-corrected chi connectivity index (χ4v) is 2.25. The minimum Gasteiger partial charge on any atom is -0.373 e. The molecule has 0 aliphatic carbocycles. The second-order valence-electron chi connectivity index (χ2n) is 5.91. The van der Waals surface area contributed by atoms with Crippen molar-refractivity contribution in [2.24, 2.45) is 5.92 Å². The molecule has 0 bridgehead atoms. The lowest BCUT2D eigenvalue weighted by molar-refractivity contribution is 0.423. The van der Waals surface area contributed by atoms with Crippen molar-refractivity contribution >= 4 is 0 Å². The summed E-state index contributed by atoms with van der Waals surface area (Å²) in [4.78, 5) is 0. The smallest absolute Gasteiger partial charge is 0.0841 e. The maximum absolute atomic E-state index is 5.15. The third-order valence-electron chi connectivity index (χ3n) is 3.52. The van der Waals surface area contributed by atoms with Crippen molar-refractivity contribution in [3.63, 3.8) is 0 Å². The highest BCUT2D eigenvalue weighted by atomic mass is 16.6. The van der Waals surface area contributed by atoms with Crippen LogP contribution >= 0.6 is 0 Å². The molecule has 0 aromatic rings. The highest BCUT2D eigenvalue weighted by Gasteiger charge is 2.21. The lowest BCUT2D eigenvalue weighted by Gasteiger charge is -2.04. The summed E-state index contributed by atoms with van der Waals surface area (Å²) in [5, 5.41) is 0. The molecular formula is C16H31O. The van der Waals surface area contributed by atoms with Crippen LogP contribution in [-0.2, 0) is 4.74 Å². The third-order valence-corrected chi connectivity index (χ3v) is 3.52. The fraction of sp³-hybridized carbons (Fsp3) is 0.938. The minimum atomic E-state index is 0.524. The molecule has 0 saturated carbocycles. The Morgan fingerprint density at radius 1 is 0.941 bits per heavy atom. The largest absolute Gasteiger partial charge is 0.373 e. The van der Waals surface area contributed by atoms with E-state index in [1.165, 1.54) is 64.2 Å². The average Bonchev–Trinajstić information content (AvgIpc) is 3.09. The molecule has 0 amide bonds. The molecule has 1 rings (SSSR count). The average molecular weight is 239 g/mol. The van der Waals surface area contributed by atoms with Gasteiger partial charge in [-0.2, -0.15) is 0 Å². The maximum atomic E-state index is 5.15. The number of epoxide rings is 1. The number of ether oxygens (including phenoxy) is 1. The van der Waals surface area contributed by atoms with Crippen molar-refractivity contribution in [2.45, 2.75) is 84.2 Å². The second kappa shape index (κ2) is 9.94. The first-order valence-electron chi connectivity index (χ1n) is 7.74. The molecule has 1 aliphatic rings. The zero-order valence-electron chi connectivity index (χ0n) is 11.9. The molecule has 1 heteroatoms. The standard InChI is InChI=1S/C16H31O/c1-15(2)12-10-8-6-4-3-5-7-9-11-13-16-14-17-16/h13,15-16H,3-12,14H2,1-2H3. The van der Waals surface area contributed by atoms with Crippen LogP contribution in [0.4, 0.5) is 0 Å². The van der Waals surface area contributed by atoms with Crippen molar-refractivity contribution in [2.75, 3.05) is 6.61 Å². The molecule has 1 saturated heterocycles. The van der Waals surface area contributed by atoms with E-state index < -0.39 is 0 Å². The molecule has 0 aromatic carbocycles. The molecule has 1 radical (unpaired) electrons. The Bertz CT molecular complexity index is 151. The molecular weight excluding hydrogens is 208 g/mol. The van der Waals surface area contributed by atoms with Crippen molar-refractivity contribution in [1.82, 2.24) is 0 Å². The van der Waals surface area contributed by atoms with Crippen LogP contribution in [0.2, 0.25) is 0 Å². The molecule has 1 unspecified atom stereocenters. The number of hydrogen-bond donors (Lipinski definition) is 0. The van der Waals surface area contributed by atoms with Crippen LogP contribution in [0.1, 0.15) is 78.1 Å². The monoisotopic (exact) mass is 239 g/mol. The number of unbranched alkanes of at least 4 members (excludes halogenated alkanes) is 8. The molecule has 0 aromatic heterocycles. The molecule has 1 heterocycles. The Hall–Kier alpha value is -0.0400. The molecule has 101 valence electrons. The lowest BCUT2D eigenvalue weighted by Crippen LogP contribution is -1.88. The predicted octanol–water partition coefficient (Wildman–Crippen LogP) is 5.15. The fourth-order valence-electron chi connectivity index (χ4n) is 2.25. The molecule has 1 fully saturated rings. The zero-order chi connectivity index (χ0) is 12.3.